The number of rotatable bonds is 2. The van der Waals surface area contributed by atoms with Crippen molar-refractivity contribution in [1.82, 2.24) is 4.98 Å². The zero-order valence-electron chi connectivity index (χ0n) is 11.5. The number of nitriles is 1. The van der Waals surface area contributed by atoms with Gasteiger partial charge in [0.15, 0.2) is 0 Å². The van der Waals surface area contributed by atoms with Gasteiger partial charge in [-0.05, 0) is 25.1 Å². The summed E-state index contributed by atoms with van der Waals surface area (Å²) < 4.78 is 13.9. The number of hydrogen-bond donors (Lipinski definition) is 1. The molecule has 3 heteroatoms. The molecule has 3 aromatic rings. The second-order valence-electron chi connectivity index (χ2n) is 4.86. The molecule has 0 saturated carbocycles. The Balaban J connectivity index is 2.21. The van der Waals surface area contributed by atoms with Crippen LogP contribution in [0.15, 0.2) is 48.5 Å². The Morgan fingerprint density at radius 2 is 1.86 bits per heavy atom. The Morgan fingerprint density at radius 1 is 1.14 bits per heavy atom. The van der Waals surface area contributed by atoms with Gasteiger partial charge in [0, 0.05) is 27.7 Å². The van der Waals surface area contributed by atoms with Gasteiger partial charge < -0.3 is 4.98 Å². The Kier molecular flexibility index (Phi) is 3.29. The second kappa shape index (κ2) is 5.26. The lowest BCUT2D eigenvalue weighted by Gasteiger charge is -2.01. The van der Waals surface area contributed by atoms with Crippen molar-refractivity contribution >= 4 is 22.6 Å². The molecule has 1 N–H and O–H groups in total. The summed E-state index contributed by atoms with van der Waals surface area (Å²) in [6.07, 6.45) is 1.74. The molecule has 1 aromatic heterocycles. The van der Waals surface area contributed by atoms with Gasteiger partial charge in [-0.3, -0.25) is 0 Å². The van der Waals surface area contributed by atoms with Crippen LogP contribution < -0.4 is 0 Å². The number of hydrogen-bond acceptors (Lipinski definition) is 1. The molecule has 2 nitrogen and oxygen atoms in total. The van der Waals surface area contributed by atoms with Gasteiger partial charge in [0.1, 0.15) is 5.82 Å². The van der Waals surface area contributed by atoms with Gasteiger partial charge in [0.05, 0.1) is 11.6 Å². The number of halogens is 1. The molecule has 21 heavy (non-hydrogen) atoms. The summed E-state index contributed by atoms with van der Waals surface area (Å²) in [5.74, 6) is -0.386. The lowest BCUT2D eigenvalue weighted by atomic mass is 10.0. The fourth-order valence-corrected chi connectivity index (χ4v) is 2.48. The minimum Gasteiger partial charge on any atom is -0.358 e. The average molecular weight is 276 g/mol. The predicted molar refractivity (Wildman–Crippen MR) is 82.9 cm³/mol. The lowest BCUT2D eigenvalue weighted by molar-refractivity contribution is 0.624. The molecule has 2 aromatic carbocycles. The van der Waals surface area contributed by atoms with Crippen LogP contribution >= 0.6 is 0 Å². The highest BCUT2D eigenvalue weighted by atomic mass is 19.1. The quantitative estimate of drug-likeness (QED) is 0.678. The zero-order chi connectivity index (χ0) is 14.8. The fourth-order valence-electron chi connectivity index (χ4n) is 2.48. The maximum atomic E-state index is 13.9. The number of aromatic amines is 1. The third-order valence-corrected chi connectivity index (χ3v) is 3.52. The standard InChI is InChI=1S/C18H13FN2/c1-12-16(15-7-3-5-9-18(15)21-12)10-13(11-20)14-6-2-4-8-17(14)19/h2-10,21H,1H3. The van der Waals surface area contributed by atoms with E-state index in [0.717, 1.165) is 22.2 Å². The monoisotopic (exact) mass is 276 g/mol. The van der Waals surface area contributed by atoms with E-state index in [-0.39, 0.29) is 5.82 Å². The molecule has 3 rings (SSSR count). The lowest BCUT2D eigenvalue weighted by Crippen LogP contribution is -1.88. The van der Waals surface area contributed by atoms with Crippen molar-refractivity contribution in [1.29, 1.82) is 5.26 Å². The highest BCUT2D eigenvalue weighted by Gasteiger charge is 2.10. The van der Waals surface area contributed by atoms with Crippen LogP contribution in [-0.2, 0) is 0 Å². The van der Waals surface area contributed by atoms with E-state index in [2.05, 4.69) is 11.1 Å². The van der Waals surface area contributed by atoms with Crippen molar-refractivity contribution in [2.24, 2.45) is 0 Å². The van der Waals surface area contributed by atoms with Gasteiger partial charge in [-0.1, -0.05) is 36.4 Å². The van der Waals surface area contributed by atoms with Gasteiger partial charge in [-0.25, -0.2) is 4.39 Å². The number of para-hydroxylation sites is 1. The molecule has 0 bridgehead atoms. The predicted octanol–water partition coefficient (Wildman–Crippen LogP) is 4.68. The van der Waals surface area contributed by atoms with E-state index in [4.69, 9.17) is 0 Å². The first-order valence-corrected chi connectivity index (χ1v) is 6.64. The van der Waals surface area contributed by atoms with Crippen molar-refractivity contribution in [3.8, 4) is 6.07 Å². The molecule has 0 spiro atoms. The third-order valence-electron chi connectivity index (χ3n) is 3.52. The molecular weight excluding hydrogens is 263 g/mol. The Hall–Kier alpha value is -2.86. The maximum Gasteiger partial charge on any atom is 0.131 e. The summed E-state index contributed by atoms with van der Waals surface area (Å²) in [6, 6.07) is 16.3. The highest BCUT2D eigenvalue weighted by molar-refractivity contribution is 5.98. The van der Waals surface area contributed by atoms with E-state index < -0.39 is 0 Å². The average Bonchev–Trinajstić information content (AvgIpc) is 2.81. The van der Waals surface area contributed by atoms with E-state index in [1.54, 1.807) is 24.3 Å². The van der Waals surface area contributed by atoms with Crippen molar-refractivity contribution in [2.45, 2.75) is 6.92 Å². The minimum atomic E-state index is -0.386. The molecular formula is C18H13FN2. The van der Waals surface area contributed by atoms with Gasteiger partial charge in [0.2, 0.25) is 0 Å². The molecule has 0 fully saturated rings. The summed E-state index contributed by atoms with van der Waals surface area (Å²) in [5, 5.41) is 10.4. The fraction of sp³-hybridized carbons (Fsp3) is 0.0556. The molecule has 102 valence electrons. The number of fused-ring (bicyclic) bond motifs is 1. The number of aromatic nitrogens is 1. The van der Waals surface area contributed by atoms with Crippen LogP contribution in [0.25, 0.3) is 22.6 Å². The molecule has 0 saturated heterocycles. The van der Waals surface area contributed by atoms with Crippen molar-refractivity contribution < 1.29 is 4.39 Å². The highest BCUT2D eigenvalue weighted by Crippen LogP contribution is 2.27. The number of H-pyrrole nitrogens is 1. The van der Waals surface area contributed by atoms with Crippen LogP contribution in [0.2, 0.25) is 0 Å². The summed E-state index contributed by atoms with van der Waals surface area (Å²) in [6.45, 7) is 1.95. The minimum absolute atomic E-state index is 0.320. The second-order valence-corrected chi connectivity index (χ2v) is 4.86. The van der Waals surface area contributed by atoms with Gasteiger partial charge in [0.25, 0.3) is 0 Å². The number of aryl methyl sites for hydroxylation is 1. The van der Waals surface area contributed by atoms with Crippen LogP contribution in [0, 0.1) is 24.1 Å². The number of nitrogens with zero attached hydrogens (tertiary/aromatic N) is 1. The van der Waals surface area contributed by atoms with Crippen molar-refractivity contribution in [3.05, 3.63) is 71.2 Å². The smallest absolute Gasteiger partial charge is 0.131 e. The van der Waals surface area contributed by atoms with Gasteiger partial charge in [-0.15, -0.1) is 0 Å². The van der Waals surface area contributed by atoms with Crippen LogP contribution in [0.4, 0.5) is 4.39 Å². The van der Waals surface area contributed by atoms with Gasteiger partial charge in [-0.2, -0.15) is 5.26 Å². The van der Waals surface area contributed by atoms with Gasteiger partial charge >= 0.3 is 0 Å². The first kappa shape index (κ1) is 13.1. The van der Waals surface area contributed by atoms with Crippen LogP contribution in [0.3, 0.4) is 0 Å². The molecule has 0 unspecified atom stereocenters. The largest absolute Gasteiger partial charge is 0.358 e. The SMILES string of the molecule is Cc1[nH]c2ccccc2c1C=C(C#N)c1ccccc1F. The topological polar surface area (TPSA) is 39.6 Å². The molecule has 0 radical (unpaired) electrons. The maximum absolute atomic E-state index is 13.9. The first-order valence-electron chi connectivity index (χ1n) is 6.64. The summed E-state index contributed by atoms with van der Waals surface area (Å²) >= 11 is 0. The van der Waals surface area contributed by atoms with Crippen molar-refractivity contribution in [2.75, 3.05) is 0 Å². The van der Waals surface area contributed by atoms with Crippen LogP contribution in [0.1, 0.15) is 16.8 Å². The molecule has 0 aliphatic heterocycles. The summed E-state index contributed by atoms with van der Waals surface area (Å²) in [5.41, 5.74) is 3.53. The first-order chi connectivity index (χ1) is 10.2. The zero-order valence-corrected chi connectivity index (χ0v) is 11.5. The normalized spacial score (nSPS) is 11.6. The molecule has 0 aliphatic rings. The summed E-state index contributed by atoms with van der Waals surface area (Å²) in [4.78, 5) is 3.27. The van der Waals surface area contributed by atoms with E-state index in [0.29, 0.717) is 11.1 Å². The third kappa shape index (κ3) is 2.32. The van der Waals surface area contributed by atoms with E-state index in [9.17, 15) is 9.65 Å². The van der Waals surface area contributed by atoms with Crippen LogP contribution in [-0.4, -0.2) is 4.98 Å². The van der Waals surface area contributed by atoms with Crippen molar-refractivity contribution in [3.63, 3.8) is 0 Å². The molecule has 0 aliphatic carbocycles. The van der Waals surface area contributed by atoms with E-state index >= 15 is 0 Å². The van der Waals surface area contributed by atoms with Crippen LogP contribution in [0.5, 0.6) is 0 Å². The van der Waals surface area contributed by atoms with E-state index in [1.807, 2.05) is 31.2 Å². The van der Waals surface area contributed by atoms with E-state index in [1.165, 1.54) is 6.07 Å². The molecule has 1 heterocycles. The molecule has 0 atom stereocenters. The number of nitrogens with one attached hydrogen (secondary N) is 1. The number of allylic oxidation sites excluding steroid dienone is 1. The summed E-state index contributed by atoms with van der Waals surface area (Å²) in [7, 11) is 0. The number of benzene rings is 2. The Labute approximate surface area is 122 Å². The Morgan fingerprint density at radius 3 is 2.62 bits per heavy atom. The Bertz CT molecular complexity index is 882. The molecule has 0 amide bonds.